The Bertz CT molecular complexity index is 1100. The lowest BCUT2D eigenvalue weighted by Crippen LogP contribution is -2.60. The van der Waals surface area contributed by atoms with Gasteiger partial charge in [0.2, 0.25) is 0 Å². The SMILES string of the molecule is CCCN1C[C@H](C)[C@H]2OC/C(=N\O)CO[C@](C)(C[C@H]1C)[C@H](O[C@@H]1O[C@H](C)C[C@H](N(C)C)[C@H]1O)[C@@H](C)C(=O)[C@@H](C)C(=O)O[C@H](CC)[C@@]2(C)O. The number of hydrogen-bond acceptors (Lipinski definition) is 13. The van der Waals surface area contributed by atoms with Crippen molar-refractivity contribution in [2.45, 2.75) is 148 Å². The lowest BCUT2D eigenvalue weighted by molar-refractivity contribution is -0.296. The van der Waals surface area contributed by atoms with Gasteiger partial charge in [0.25, 0.3) is 0 Å². The van der Waals surface area contributed by atoms with Crippen LogP contribution in [0, 0.1) is 17.8 Å². The molecule has 278 valence electrons. The predicted molar refractivity (Wildman–Crippen MR) is 180 cm³/mol. The number of esters is 1. The fourth-order valence-corrected chi connectivity index (χ4v) is 7.95. The Balaban J connectivity index is 2.26. The third-order valence-corrected chi connectivity index (χ3v) is 10.7. The van der Waals surface area contributed by atoms with Crippen molar-refractivity contribution in [1.29, 1.82) is 0 Å². The number of aliphatic hydroxyl groups excluding tert-OH is 1. The molecule has 4 fully saturated rings. The number of fused-ring (bicyclic) bond motifs is 15. The molecule has 4 heterocycles. The summed E-state index contributed by atoms with van der Waals surface area (Å²) in [5.74, 6) is -3.56. The van der Waals surface area contributed by atoms with Crippen LogP contribution in [0.4, 0.5) is 0 Å². The van der Waals surface area contributed by atoms with Crippen LogP contribution in [0.3, 0.4) is 0 Å². The zero-order valence-corrected chi connectivity index (χ0v) is 31.0. The first-order valence-corrected chi connectivity index (χ1v) is 17.7. The van der Waals surface area contributed by atoms with Crippen molar-refractivity contribution >= 4 is 17.5 Å². The van der Waals surface area contributed by atoms with Crippen molar-refractivity contribution in [3.63, 3.8) is 0 Å². The van der Waals surface area contributed by atoms with Crippen molar-refractivity contribution in [1.82, 2.24) is 9.80 Å². The molecule has 0 aliphatic carbocycles. The molecule has 13 nitrogen and oxygen atoms in total. The summed E-state index contributed by atoms with van der Waals surface area (Å²) in [5, 5.41) is 37.1. The van der Waals surface area contributed by atoms with Gasteiger partial charge >= 0.3 is 5.97 Å². The summed E-state index contributed by atoms with van der Waals surface area (Å²) < 4.78 is 31.8. The average molecular weight is 686 g/mol. The lowest BCUT2D eigenvalue weighted by atomic mass is 9.79. The van der Waals surface area contributed by atoms with Crippen LogP contribution >= 0.6 is 0 Å². The predicted octanol–water partition coefficient (Wildman–Crippen LogP) is 2.86. The first-order chi connectivity index (χ1) is 22.4. The summed E-state index contributed by atoms with van der Waals surface area (Å²) in [6.45, 7) is 17.5. The lowest BCUT2D eigenvalue weighted by Gasteiger charge is -2.48. The van der Waals surface area contributed by atoms with E-state index in [2.05, 4.69) is 23.9 Å². The summed E-state index contributed by atoms with van der Waals surface area (Å²) in [5.41, 5.74) is -2.69. The van der Waals surface area contributed by atoms with Gasteiger partial charge in [-0.1, -0.05) is 32.9 Å². The maximum absolute atomic E-state index is 14.3. The van der Waals surface area contributed by atoms with E-state index < -0.39 is 65.5 Å². The molecule has 0 saturated carbocycles. The molecule has 4 aliphatic rings. The number of ketones is 1. The molecule has 4 saturated heterocycles. The molecule has 0 aromatic rings. The number of rotatable bonds is 6. The van der Waals surface area contributed by atoms with E-state index in [1.165, 1.54) is 6.92 Å². The zero-order valence-electron chi connectivity index (χ0n) is 31.0. The number of aliphatic hydroxyl groups is 2. The minimum absolute atomic E-state index is 0.113. The molecule has 48 heavy (non-hydrogen) atoms. The molecule has 13 heteroatoms. The van der Waals surface area contributed by atoms with Crippen LogP contribution in [0.5, 0.6) is 0 Å². The van der Waals surface area contributed by atoms with Gasteiger partial charge in [-0.15, -0.1) is 0 Å². The molecule has 4 rings (SSSR count). The molecule has 0 radical (unpaired) electrons. The van der Waals surface area contributed by atoms with Crippen molar-refractivity contribution < 1.29 is 48.7 Å². The van der Waals surface area contributed by atoms with Crippen molar-refractivity contribution in [3.05, 3.63) is 0 Å². The largest absolute Gasteiger partial charge is 0.459 e. The van der Waals surface area contributed by atoms with Gasteiger partial charge in [0, 0.05) is 24.5 Å². The van der Waals surface area contributed by atoms with Gasteiger partial charge in [0.05, 0.1) is 37.1 Å². The van der Waals surface area contributed by atoms with Gasteiger partial charge in [-0.25, -0.2) is 0 Å². The van der Waals surface area contributed by atoms with E-state index in [0.29, 0.717) is 19.4 Å². The van der Waals surface area contributed by atoms with E-state index in [1.807, 2.05) is 39.8 Å². The third kappa shape index (κ3) is 9.14. The number of Topliss-reactive ketones (excluding diaryl/α,β-unsaturated/α-hetero) is 1. The number of nitrogens with zero attached hydrogens (tertiary/aromatic N) is 3. The Kier molecular flexibility index (Phi) is 14.4. The van der Waals surface area contributed by atoms with Gasteiger partial charge in [0.1, 0.15) is 29.4 Å². The molecule has 0 amide bonds. The average Bonchev–Trinajstić information content (AvgIpc) is 3.02. The monoisotopic (exact) mass is 685 g/mol. The Hall–Kier alpha value is -1.71. The Morgan fingerprint density at radius 1 is 1.08 bits per heavy atom. The first-order valence-electron chi connectivity index (χ1n) is 17.7. The highest BCUT2D eigenvalue weighted by Crippen LogP contribution is 2.38. The maximum Gasteiger partial charge on any atom is 0.316 e. The standard InChI is InChI=1S/C35H63N3O10/c1-12-14-38-17-20(3)30-35(9,42)27(13-2)47-32(41)24(7)28(39)23(6)31(48-33-29(40)26(37(10)11)15-22(5)46-33)34(8,16-21(38)4)45-19-25(36-43)18-44-30/h20-24,26-27,29-31,33,40,42-43H,12-19H2,1-11H3/b36-25+/t20-,21+,22+,23-,24+,26-,27+,29+,30+,31+,33-,34+,35+/m0/s1. The topological polar surface area (TPSA) is 160 Å². The van der Waals surface area contributed by atoms with Gasteiger partial charge in [-0.2, -0.15) is 0 Å². The van der Waals surface area contributed by atoms with E-state index in [-0.39, 0.29) is 49.5 Å². The van der Waals surface area contributed by atoms with Crippen LogP contribution in [0.15, 0.2) is 5.16 Å². The van der Waals surface area contributed by atoms with E-state index in [9.17, 15) is 25.0 Å². The second-order valence-corrected chi connectivity index (χ2v) is 15.1. The summed E-state index contributed by atoms with van der Waals surface area (Å²) in [7, 11) is 3.77. The van der Waals surface area contributed by atoms with Crippen LogP contribution in [-0.2, 0) is 33.3 Å². The van der Waals surface area contributed by atoms with Crippen LogP contribution in [-0.4, -0.2) is 143 Å². The number of carbonyl (C=O) groups excluding carboxylic acids is 2. The van der Waals surface area contributed by atoms with Crippen molar-refractivity contribution in [2.75, 3.05) is 40.4 Å². The number of likely N-dealkylation sites (N-methyl/N-ethyl adjacent to an activating group) is 1. The Morgan fingerprint density at radius 3 is 2.33 bits per heavy atom. The highest BCUT2D eigenvalue weighted by Gasteiger charge is 2.52. The molecule has 13 atom stereocenters. The van der Waals surface area contributed by atoms with E-state index in [1.54, 1.807) is 20.8 Å². The third-order valence-electron chi connectivity index (χ3n) is 10.7. The molecular weight excluding hydrogens is 622 g/mol. The molecule has 0 spiro atoms. The highest BCUT2D eigenvalue weighted by molar-refractivity contribution is 6.00. The second-order valence-electron chi connectivity index (χ2n) is 15.1. The summed E-state index contributed by atoms with van der Waals surface area (Å²) in [6.07, 6.45) is -3.09. The van der Waals surface area contributed by atoms with Crippen molar-refractivity contribution in [2.24, 2.45) is 22.9 Å². The molecule has 0 aromatic heterocycles. The smallest absolute Gasteiger partial charge is 0.316 e. The fourth-order valence-electron chi connectivity index (χ4n) is 7.95. The molecule has 2 bridgehead atoms. The summed E-state index contributed by atoms with van der Waals surface area (Å²) >= 11 is 0. The van der Waals surface area contributed by atoms with Gasteiger partial charge in [0.15, 0.2) is 12.1 Å². The summed E-state index contributed by atoms with van der Waals surface area (Å²) in [6, 6.07) is -0.373. The van der Waals surface area contributed by atoms with E-state index >= 15 is 0 Å². The number of ether oxygens (including phenoxy) is 5. The first kappa shape index (κ1) is 40.7. The molecule has 3 N–H and O–H groups in total. The fraction of sp³-hybridized carbons (Fsp3) is 0.914. The number of oxime groups is 1. The number of carbonyl (C=O) groups is 2. The van der Waals surface area contributed by atoms with Crippen LogP contribution < -0.4 is 0 Å². The van der Waals surface area contributed by atoms with Crippen molar-refractivity contribution in [3.8, 4) is 0 Å². The van der Waals surface area contributed by atoms with Crippen LogP contribution in [0.1, 0.15) is 88.0 Å². The minimum atomic E-state index is -1.65. The maximum atomic E-state index is 14.3. The molecule has 0 aromatic carbocycles. The Morgan fingerprint density at radius 2 is 1.75 bits per heavy atom. The van der Waals surface area contributed by atoms with Gasteiger partial charge in [-0.3, -0.25) is 9.59 Å². The number of hydrogen-bond donors (Lipinski definition) is 3. The van der Waals surface area contributed by atoms with E-state index in [0.717, 1.165) is 13.0 Å². The Labute approximate surface area is 287 Å². The van der Waals surface area contributed by atoms with Gasteiger partial charge < -0.3 is 48.9 Å². The van der Waals surface area contributed by atoms with Crippen LogP contribution in [0.2, 0.25) is 0 Å². The van der Waals surface area contributed by atoms with Gasteiger partial charge in [-0.05, 0) is 86.9 Å². The molecule has 4 aliphatic heterocycles. The normalized spacial score (nSPS) is 44.0. The highest BCUT2D eigenvalue weighted by atomic mass is 16.7. The second kappa shape index (κ2) is 17.0. The molecular formula is C35H63N3O10. The zero-order chi connectivity index (χ0) is 36.1. The summed E-state index contributed by atoms with van der Waals surface area (Å²) in [4.78, 5) is 32.2. The quantitative estimate of drug-likeness (QED) is 0.163. The van der Waals surface area contributed by atoms with E-state index in [4.69, 9.17) is 23.7 Å². The minimum Gasteiger partial charge on any atom is -0.459 e. The molecule has 0 unspecified atom stereocenters. The van der Waals surface area contributed by atoms with Crippen LogP contribution in [0.25, 0.3) is 0 Å².